The van der Waals surface area contributed by atoms with Crippen molar-refractivity contribution in [3.05, 3.63) is 28.8 Å². The van der Waals surface area contributed by atoms with Gasteiger partial charge in [0.2, 0.25) is 5.91 Å². The Labute approximate surface area is 120 Å². The fourth-order valence-corrected chi connectivity index (χ4v) is 3.13. The predicted octanol–water partition coefficient (Wildman–Crippen LogP) is 4.98. The number of rotatable bonds is 6. The number of hydrogen-bond donors (Lipinski definition) is 1. The first-order valence-electron chi connectivity index (χ1n) is 7.24. The molecule has 2 nitrogen and oxygen atoms in total. The monoisotopic (exact) mass is 279 g/mol. The van der Waals surface area contributed by atoms with Crippen LogP contribution in [0, 0.1) is 5.92 Å². The van der Waals surface area contributed by atoms with Crippen molar-refractivity contribution in [2.45, 2.75) is 51.9 Å². The van der Waals surface area contributed by atoms with Gasteiger partial charge in [0, 0.05) is 0 Å². The lowest BCUT2D eigenvalue weighted by Gasteiger charge is -2.17. The van der Waals surface area contributed by atoms with Gasteiger partial charge < -0.3 is 5.32 Å². The third-order valence-corrected chi connectivity index (χ3v) is 4.31. The van der Waals surface area contributed by atoms with Crippen molar-refractivity contribution < 1.29 is 4.79 Å². The van der Waals surface area contributed by atoms with Crippen molar-refractivity contribution in [1.82, 2.24) is 0 Å². The molecule has 1 aliphatic heterocycles. The lowest BCUT2D eigenvalue weighted by Crippen LogP contribution is -2.18. The van der Waals surface area contributed by atoms with Crippen molar-refractivity contribution in [3.63, 3.8) is 0 Å². The molecule has 0 saturated heterocycles. The van der Waals surface area contributed by atoms with Crippen LogP contribution in [0.5, 0.6) is 0 Å². The third-order valence-electron chi connectivity index (χ3n) is 3.99. The van der Waals surface area contributed by atoms with E-state index in [9.17, 15) is 4.79 Å². The molecule has 1 heterocycles. The van der Waals surface area contributed by atoms with Crippen LogP contribution in [0.15, 0.2) is 18.2 Å². The molecule has 0 aliphatic carbocycles. The standard InChI is InChI=1S/C16H22ClNO/c1-3-4-5-6-8-11(2)14-12-9-7-10-13(17)15(12)18-16(14)19/h7,9-11,14H,3-6,8H2,1-2H3,(H,18,19). The maximum Gasteiger partial charge on any atom is 0.232 e. The Balaban J connectivity index is 2.05. The summed E-state index contributed by atoms with van der Waals surface area (Å²) in [5.74, 6) is 0.443. The molecule has 0 saturated carbocycles. The molecule has 2 unspecified atom stereocenters. The first-order valence-corrected chi connectivity index (χ1v) is 7.62. The highest BCUT2D eigenvalue weighted by Gasteiger charge is 2.35. The molecule has 3 heteroatoms. The molecule has 2 rings (SSSR count). The molecule has 1 aromatic carbocycles. The van der Waals surface area contributed by atoms with Gasteiger partial charge in [0.05, 0.1) is 16.6 Å². The average Bonchev–Trinajstić information content (AvgIpc) is 2.72. The van der Waals surface area contributed by atoms with E-state index in [0.717, 1.165) is 17.7 Å². The van der Waals surface area contributed by atoms with Crippen LogP contribution in [0.3, 0.4) is 0 Å². The summed E-state index contributed by atoms with van der Waals surface area (Å²) in [6.45, 7) is 4.39. The van der Waals surface area contributed by atoms with E-state index in [0.29, 0.717) is 10.9 Å². The summed E-state index contributed by atoms with van der Waals surface area (Å²) < 4.78 is 0. The van der Waals surface area contributed by atoms with Crippen LogP contribution in [0.2, 0.25) is 5.02 Å². The van der Waals surface area contributed by atoms with E-state index in [4.69, 9.17) is 11.6 Å². The Hall–Kier alpha value is -1.02. The number of nitrogens with one attached hydrogen (secondary N) is 1. The molecule has 0 radical (unpaired) electrons. The molecule has 1 aliphatic rings. The average molecular weight is 280 g/mol. The number of anilines is 1. The summed E-state index contributed by atoms with van der Waals surface area (Å²) >= 11 is 6.14. The second-order valence-corrected chi connectivity index (χ2v) is 5.90. The summed E-state index contributed by atoms with van der Waals surface area (Å²) in [7, 11) is 0. The van der Waals surface area contributed by atoms with E-state index in [-0.39, 0.29) is 11.8 Å². The number of carbonyl (C=O) groups is 1. The highest BCUT2D eigenvalue weighted by Crippen LogP contribution is 2.42. The number of hydrogen-bond acceptors (Lipinski definition) is 1. The summed E-state index contributed by atoms with van der Waals surface area (Å²) in [6.07, 6.45) is 6.10. The van der Waals surface area contributed by atoms with Crippen LogP contribution in [-0.4, -0.2) is 5.91 Å². The zero-order valence-corrected chi connectivity index (χ0v) is 12.5. The van der Waals surface area contributed by atoms with E-state index in [1.165, 1.54) is 25.7 Å². The number of benzene rings is 1. The molecular weight excluding hydrogens is 258 g/mol. The summed E-state index contributed by atoms with van der Waals surface area (Å²) in [5, 5.41) is 3.57. The zero-order chi connectivity index (χ0) is 13.8. The summed E-state index contributed by atoms with van der Waals surface area (Å²) in [4.78, 5) is 12.1. The highest BCUT2D eigenvalue weighted by atomic mass is 35.5. The lowest BCUT2D eigenvalue weighted by molar-refractivity contribution is -0.118. The Kier molecular flexibility index (Phi) is 4.87. The van der Waals surface area contributed by atoms with Crippen LogP contribution in [0.4, 0.5) is 5.69 Å². The minimum absolute atomic E-state index is 0.0321. The Morgan fingerprint density at radius 1 is 1.32 bits per heavy atom. The van der Waals surface area contributed by atoms with Gasteiger partial charge in [0.1, 0.15) is 0 Å². The second kappa shape index (κ2) is 6.42. The molecule has 19 heavy (non-hydrogen) atoms. The third kappa shape index (κ3) is 3.11. The van der Waals surface area contributed by atoms with E-state index >= 15 is 0 Å². The minimum atomic E-state index is -0.0321. The van der Waals surface area contributed by atoms with Crippen molar-refractivity contribution in [2.24, 2.45) is 5.92 Å². The van der Waals surface area contributed by atoms with E-state index < -0.39 is 0 Å². The Bertz CT molecular complexity index is 458. The second-order valence-electron chi connectivity index (χ2n) is 5.50. The van der Waals surface area contributed by atoms with Crippen LogP contribution < -0.4 is 5.32 Å². The molecule has 1 N–H and O–H groups in total. The predicted molar refractivity (Wildman–Crippen MR) is 80.7 cm³/mol. The van der Waals surface area contributed by atoms with E-state index in [1.807, 2.05) is 18.2 Å². The quantitative estimate of drug-likeness (QED) is 0.731. The molecule has 1 amide bonds. The smallest absolute Gasteiger partial charge is 0.232 e. The molecule has 0 spiro atoms. The number of carbonyl (C=O) groups excluding carboxylic acids is 1. The molecular formula is C16H22ClNO. The van der Waals surface area contributed by atoms with Crippen LogP contribution >= 0.6 is 11.6 Å². The van der Waals surface area contributed by atoms with Crippen LogP contribution in [0.25, 0.3) is 0 Å². The van der Waals surface area contributed by atoms with Crippen LogP contribution in [0.1, 0.15) is 57.4 Å². The lowest BCUT2D eigenvalue weighted by atomic mass is 9.85. The van der Waals surface area contributed by atoms with Crippen molar-refractivity contribution in [3.8, 4) is 0 Å². The topological polar surface area (TPSA) is 29.1 Å². The van der Waals surface area contributed by atoms with Crippen LogP contribution in [-0.2, 0) is 4.79 Å². The van der Waals surface area contributed by atoms with Gasteiger partial charge in [-0.3, -0.25) is 4.79 Å². The van der Waals surface area contributed by atoms with Gasteiger partial charge >= 0.3 is 0 Å². The van der Waals surface area contributed by atoms with Gasteiger partial charge in [-0.05, 0) is 24.0 Å². The zero-order valence-electron chi connectivity index (χ0n) is 11.7. The van der Waals surface area contributed by atoms with Gasteiger partial charge in [-0.15, -0.1) is 0 Å². The fourth-order valence-electron chi connectivity index (χ4n) is 2.90. The summed E-state index contributed by atoms with van der Waals surface area (Å²) in [6, 6.07) is 5.78. The Morgan fingerprint density at radius 2 is 2.11 bits per heavy atom. The van der Waals surface area contributed by atoms with Gasteiger partial charge in [0.15, 0.2) is 0 Å². The first-order chi connectivity index (χ1) is 9.15. The van der Waals surface area contributed by atoms with Crippen molar-refractivity contribution in [1.29, 1.82) is 0 Å². The SMILES string of the molecule is CCCCCCC(C)C1C(=O)Nc2c(Cl)cccc21. The van der Waals surface area contributed by atoms with Crippen molar-refractivity contribution >= 4 is 23.2 Å². The summed E-state index contributed by atoms with van der Waals surface area (Å²) in [5.41, 5.74) is 1.89. The maximum absolute atomic E-state index is 12.1. The minimum Gasteiger partial charge on any atom is -0.324 e. The normalized spacial score (nSPS) is 19.1. The number of fused-ring (bicyclic) bond motifs is 1. The van der Waals surface area contributed by atoms with Gasteiger partial charge in [-0.2, -0.15) is 0 Å². The Morgan fingerprint density at radius 3 is 2.84 bits per heavy atom. The molecule has 1 aromatic rings. The van der Waals surface area contributed by atoms with Gasteiger partial charge in [0.25, 0.3) is 0 Å². The largest absolute Gasteiger partial charge is 0.324 e. The molecule has 104 valence electrons. The molecule has 0 fully saturated rings. The van der Waals surface area contributed by atoms with Crippen molar-refractivity contribution in [2.75, 3.05) is 5.32 Å². The molecule has 0 bridgehead atoms. The number of unbranched alkanes of at least 4 members (excludes halogenated alkanes) is 3. The number of amides is 1. The van der Waals surface area contributed by atoms with Gasteiger partial charge in [-0.1, -0.05) is 63.3 Å². The molecule has 0 aromatic heterocycles. The first kappa shape index (κ1) is 14.4. The molecule has 2 atom stereocenters. The fraction of sp³-hybridized carbons (Fsp3) is 0.562. The highest BCUT2D eigenvalue weighted by molar-refractivity contribution is 6.34. The van der Waals surface area contributed by atoms with E-state index in [2.05, 4.69) is 19.2 Å². The number of halogens is 1. The van der Waals surface area contributed by atoms with Gasteiger partial charge in [-0.25, -0.2) is 0 Å². The number of para-hydroxylation sites is 1. The van der Waals surface area contributed by atoms with E-state index in [1.54, 1.807) is 0 Å². The maximum atomic E-state index is 12.1.